The molecule has 0 aliphatic carbocycles. The molecule has 7 heteroatoms. The van der Waals surface area contributed by atoms with Crippen molar-refractivity contribution in [3.05, 3.63) is 36.4 Å². The number of nitrogens with one attached hydrogen (secondary N) is 1. The molecule has 26 heavy (non-hydrogen) atoms. The minimum Gasteiger partial charge on any atom is -0.474 e. The molecule has 2 saturated heterocycles. The van der Waals surface area contributed by atoms with Crippen molar-refractivity contribution in [1.82, 2.24) is 15.4 Å². The van der Waals surface area contributed by atoms with Crippen LogP contribution in [0.15, 0.2) is 40.9 Å². The molecule has 1 aromatic carbocycles. The lowest BCUT2D eigenvalue weighted by Crippen LogP contribution is -2.38. The largest absolute Gasteiger partial charge is 0.474 e. The summed E-state index contributed by atoms with van der Waals surface area (Å²) in [5.74, 6) is 1.27. The first-order valence-corrected chi connectivity index (χ1v) is 9.15. The first-order chi connectivity index (χ1) is 12.9. The summed E-state index contributed by atoms with van der Waals surface area (Å²) in [6.45, 7) is 8.89. The van der Waals surface area contributed by atoms with Gasteiger partial charge in [0, 0.05) is 44.4 Å². The van der Waals surface area contributed by atoms with Crippen LogP contribution in [-0.4, -0.2) is 75.8 Å². The van der Waals surface area contributed by atoms with Gasteiger partial charge in [-0.3, -0.25) is 4.90 Å². The van der Waals surface area contributed by atoms with Gasteiger partial charge >= 0.3 is 0 Å². The molecule has 0 unspecified atom stereocenters. The van der Waals surface area contributed by atoms with Crippen molar-refractivity contribution in [1.29, 1.82) is 0 Å². The molecule has 2 aromatic rings. The van der Waals surface area contributed by atoms with Crippen LogP contribution in [0.3, 0.4) is 0 Å². The van der Waals surface area contributed by atoms with Gasteiger partial charge in [-0.15, -0.1) is 0 Å². The number of rotatable bonds is 5. The number of hydrogen-bond acceptors (Lipinski definition) is 7. The predicted molar refractivity (Wildman–Crippen MR) is 98.4 cm³/mol. The summed E-state index contributed by atoms with van der Waals surface area (Å²) in [7, 11) is 0. The van der Waals surface area contributed by atoms with Crippen LogP contribution < -0.4 is 10.1 Å². The summed E-state index contributed by atoms with van der Waals surface area (Å²) in [5, 5.41) is 7.09. The van der Waals surface area contributed by atoms with Gasteiger partial charge in [0.05, 0.1) is 26.4 Å². The Hall–Kier alpha value is -1.93. The average molecular weight is 361 g/mol. The normalized spacial score (nSPS) is 18.0. The number of ether oxygens (including phenoxy) is 3. The van der Waals surface area contributed by atoms with E-state index < -0.39 is 0 Å². The molecule has 4 rings (SSSR count). The standard InChI is InChI=1S/C15H18N2O3.C4H9NO/c1-2-4-13(5-3-1)14-12-15(16-20-14)19-11-8-17-6-9-18-10-7-17;1-3-6-4-2-5-1/h1-5,12H,6-11H2;5H,1-4H2. The van der Waals surface area contributed by atoms with E-state index >= 15 is 0 Å². The fourth-order valence-electron chi connectivity index (χ4n) is 2.69. The molecule has 0 saturated carbocycles. The lowest BCUT2D eigenvalue weighted by Gasteiger charge is -2.26. The fraction of sp³-hybridized carbons (Fsp3) is 0.526. The van der Waals surface area contributed by atoms with Gasteiger partial charge in [-0.05, 0) is 5.16 Å². The van der Waals surface area contributed by atoms with E-state index in [1.54, 1.807) is 0 Å². The maximum atomic E-state index is 5.62. The molecular weight excluding hydrogens is 334 g/mol. The van der Waals surface area contributed by atoms with Gasteiger partial charge in [0.1, 0.15) is 6.61 Å². The third-order valence-corrected chi connectivity index (χ3v) is 4.15. The van der Waals surface area contributed by atoms with E-state index in [9.17, 15) is 0 Å². The molecular formula is C19H27N3O4. The highest BCUT2D eigenvalue weighted by molar-refractivity contribution is 5.57. The van der Waals surface area contributed by atoms with E-state index in [1.165, 1.54) is 0 Å². The van der Waals surface area contributed by atoms with E-state index in [1.807, 2.05) is 36.4 Å². The van der Waals surface area contributed by atoms with Gasteiger partial charge in [0.15, 0.2) is 5.76 Å². The third kappa shape index (κ3) is 6.42. The molecule has 0 radical (unpaired) electrons. The van der Waals surface area contributed by atoms with Crippen LogP contribution in [0.5, 0.6) is 5.88 Å². The first kappa shape index (κ1) is 18.8. The molecule has 0 bridgehead atoms. The summed E-state index contributed by atoms with van der Waals surface area (Å²) >= 11 is 0. The number of morpholine rings is 2. The van der Waals surface area contributed by atoms with Crippen LogP contribution >= 0.6 is 0 Å². The van der Waals surface area contributed by atoms with Crippen LogP contribution in [0.1, 0.15) is 0 Å². The molecule has 1 aromatic heterocycles. The van der Waals surface area contributed by atoms with Crippen molar-refractivity contribution in [3.63, 3.8) is 0 Å². The Balaban J connectivity index is 0.000000278. The average Bonchev–Trinajstić information content (AvgIpc) is 3.20. The fourth-order valence-corrected chi connectivity index (χ4v) is 2.69. The summed E-state index contributed by atoms with van der Waals surface area (Å²) in [6.07, 6.45) is 0. The minimum absolute atomic E-state index is 0.539. The summed E-state index contributed by atoms with van der Waals surface area (Å²) in [5.41, 5.74) is 1.00. The Morgan fingerprint density at radius 1 is 1.00 bits per heavy atom. The quantitative estimate of drug-likeness (QED) is 0.868. The van der Waals surface area contributed by atoms with E-state index in [0.717, 1.165) is 70.5 Å². The second kappa shape index (κ2) is 10.9. The van der Waals surface area contributed by atoms with Gasteiger partial charge in [-0.1, -0.05) is 30.3 Å². The Kier molecular flexibility index (Phi) is 7.92. The zero-order valence-electron chi connectivity index (χ0n) is 15.1. The molecule has 7 nitrogen and oxygen atoms in total. The van der Waals surface area contributed by atoms with Crippen molar-refractivity contribution in [2.24, 2.45) is 0 Å². The SMILES string of the molecule is C1COCCN1.c1ccc(-c2cc(OCCN3CCOCC3)no2)cc1. The predicted octanol–water partition coefficient (Wildman–Crippen LogP) is 1.66. The van der Waals surface area contributed by atoms with Crippen molar-refractivity contribution in [3.8, 4) is 17.2 Å². The number of benzene rings is 1. The molecule has 2 aliphatic heterocycles. The maximum Gasteiger partial charge on any atom is 0.254 e. The van der Waals surface area contributed by atoms with E-state index in [-0.39, 0.29) is 0 Å². The highest BCUT2D eigenvalue weighted by atomic mass is 16.5. The molecule has 2 aliphatic rings. The molecule has 0 spiro atoms. The van der Waals surface area contributed by atoms with Crippen LogP contribution in [0, 0.1) is 0 Å². The summed E-state index contributed by atoms with van der Waals surface area (Å²) in [6, 6.07) is 11.7. The summed E-state index contributed by atoms with van der Waals surface area (Å²) < 4.78 is 21.2. The number of hydrogen-bond donors (Lipinski definition) is 1. The van der Waals surface area contributed by atoms with E-state index in [0.29, 0.717) is 12.5 Å². The molecule has 2 fully saturated rings. The van der Waals surface area contributed by atoms with Gasteiger partial charge in [0.25, 0.3) is 5.88 Å². The van der Waals surface area contributed by atoms with Crippen molar-refractivity contribution in [2.75, 3.05) is 65.8 Å². The minimum atomic E-state index is 0.539. The lowest BCUT2D eigenvalue weighted by molar-refractivity contribution is 0.0318. The zero-order chi connectivity index (χ0) is 17.9. The van der Waals surface area contributed by atoms with Gasteiger partial charge in [-0.25, -0.2) is 0 Å². The van der Waals surface area contributed by atoms with Crippen LogP contribution in [0.2, 0.25) is 0 Å². The van der Waals surface area contributed by atoms with Gasteiger partial charge in [0.2, 0.25) is 0 Å². The molecule has 0 atom stereocenters. The molecule has 1 N–H and O–H groups in total. The second-order valence-corrected chi connectivity index (χ2v) is 6.06. The van der Waals surface area contributed by atoms with Gasteiger partial charge < -0.3 is 24.1 Å². The third-order valence-electron chi connectivity index (χ3n) is 4.15. The van der Waals surface area contributed by atoms with E-state index in [2.05, 4.69) is 15.4 Å². The Labute approximate surface area is 154 Å². The topological polar surface area (TPSA) is 69.0 Å². The number of aromatic nitrogens is 1. The Morgan fingerprint density at radius 2 is 1.73 bits per heavy atom. The van der Waals surface area contributed by atoms with Crippen molar-refractivity contribution in [2.45, 2.75) is 0 Å². The smallest absolute Gasteiger partial charge is 0.254 e. The van der Waals surface area contributed by atoms with Crippen LogP contribution in [0.25, 0.3) is 11.3 Å². The lowest BCUT2D eigenvalue weighted by atomic mass is 10.2. The number of nitrogens with zero attached hydrogens (tertiary/aromatic N) is 2. The molecule has 3 heterocycles. The van der Waals surface area contributed by atoms with Crippen LogP contribution in [0.4, 0.5) is 0 Å². The molecule has 0 amide bonds. The highest BCUT2D eigenvalue weighted by Crippen LogP contribution is 2.22. The summed E-state index contributed by atoms with van der Waals surface area (Å²) in [4.78, 5) is 2.32. The maximum absolute atomic E-state index is 5.62. The highest BCUT2D eigenvalue weighted by Gasteiger charge is 2.11. The van der Waals surface area contributed by atoms with Crippen LogP contribution in [-0.2, 0) is 9.47 Å². The van der Waals surface area contributed by atoms with Gasteiger partial charge in [-0.2, -0.15) is 0 Å². The second-order valence-electron chi connectivity index (χ2n) is 6.06. The first-order valence-electron chi connectivity index (χ1n) is 9.15. The van der Waals surface area contributed by atoms with E-state index in [4.69, 9.17) is 18.7 Å². The zero-order valence-corrected chi connectivity index (χ0v) is 15.1. The monoisotopic (exact) mass is 361 g/mol. The Morgan fingerprint density at radius 3 is 2.38 bits per heavy atom. The van der Waals surface area contributed by atoms with Crippen molar-refractivity contribution >= 4 is 0 Å². The Bertz CT molecular complexity index is 599. The molecule has 142 valence electrons. The van der Waals surface area contributed by atoms with Crippen molar-refractivity contribution < 1.29 is 18.7 Å².